The van der Waals surface area contributed by atoms with Crippen LogP contribution in [0.2, 0.25) is 0 Å². The average molecular weight is 594 g/mol. The number of nitrogens with zero attached hydrogens (tertiary/aromatic N) is 3. The van der Waals surface area contributed by atoms with Crippen molar-refractivity contribution in [1.29, 1.82) is 0 Å². The number of benzene rings is 7. The zero-order valence-corrected chi connectivity index (χ0v) is 25.2. The van der Waals surface area contributed by atoms with Crippen LogP contribution in [-0.4, -0.2) is 9.55 Å². The summed E-state index contributed by atoms with van der Waals surface area (Å²) in [6, 6.07) is 58.5. The minimum absolute atomic E-state index is 0.933. The van der Waals surface area contributed by atoms with Gasteiger partial charge in [-0.05, 0) is 88.6 Å². The molecule has 2 heterocycles. The standard InChI is InChI=1S/C41H27N3S/c1-2-10-28(11-3-1)30-18-22-33(23-19-30)44-36-15-7-6-14-35(36)42-41(44)32-21-25-38-40(27-32)45-39-17-9-8-16-37(39)43(38)34-24-20-29-12-4-5-13-31(29)26-34/h1-27H. The summed E-state index contributed by atoms with van der Waals surface area (Å²) >= 11 is 1.82. The fraction of sp³-hybridized carbons (Fsp3) is 0. The first-order valence-electron chi connectivity index (χ1n) is 15.1. The van der Waals surface area contributed by atoms with Crippen molar-refractivity contribution in [2.75, 3.05) is 4.90 Å². The van der Waals surface area contributed by atoms with E-state index < -0.39 is 0 Å². The van der Waals surface area contributed by atoms with E-state index in [9.17, 15) is 0 Å². The van der Waals surface area contributed by atoms with Crippen LogP contribution in [0.1, 0.15) is 0 Å². The predicted octanol–water partition coefficient (Wildman–Crippen LogP) is 11.4. The van der Waals surface area contributed by atoms with Gasteiger partial charge in [-0.15, -0.1) is 0 Å². The molecular weight excluding hydrogens is 567 g/mol. The van der Waals surface area contributed by atoms with Crippen LogP contribution in [0.5, 0.6) is 0 Å². The van der Waals surface area contributed by atoms with Gasteiger partial charge in [0.15, 0.2) is 0 Å². The smallest absolute Gasteiger partial charge is 0.145 e. The number of para-hydroxylation sites is 3. The molecule has 0 spiro atoms. The fourth-order valence-electron chi connectivity index (χ4n) is 6.40. The molecule has 1 aliphatic heterocycles. The minimum Gasteiger partial charge on any atom is -0.308 e. The zero-order chi connectivity index (χ0) is 29.7. The summed E-state index contributed by atoms with van der Waals surface area (Å²) in [6.45, 7) is 0. The average Bonchev–Trinajstić information content (AvgIpc) is 3.50. The Hall–Kier alpha value is -5.58. The van der Waals surface area contributed by atoms with Gasteiger partial charge in [-0.2, -0.15) is 0 Å². The molecule has 0 N–H and O–H groups in total. The normalized spacial score (nSPS) is 12.3. The first kappa shape index (κ1) is 25.9. The molecule has 0 fully saturated rings. The van der Waals surface area contributed by atoms with Gasteiger partial charge in [0, 0.05) is 26.7 Å². The van der Waals surface area contributed by atoms with Crippen LogP contribution in [0.15, 0.2) is 174 Å². The van der Waals surface area contributed by atoms with E-state index in [1.807, 2.05) is 11.8 Å². The number of rotatable bonds is 4. The summed E-state index contributed by atoms with van der Waals surface area (Å²) < 4.78 is 2.29. The Morgan fingerprint density at radius 2 is 1.11 bits per heavy atom. The van der Waals surface area contributed by atoms with Gasteiger partial charge in [0.25, 0.3) is 0 Å². The molecule has 1 aliphatic rings. The molecule has 0 unspecified atom stereocenters. The number of fused-ring (bicyclic) bond motifs is 4. The van der Waals surface area contributed by atoms with Crippen LogP contribution in [0.3, 0.4) is 0 Å². The summed E-state index contributed by atoms with van der Waals surface area (Å²) in [5.41, 5.74) is 10.2. The van der Waals surface area contributed by atoms with Crippen molar-refractivity contribution in [3.63, 3.8) is 0 Å². The highest BCUT2D eigenvalue weighted by Crippen LogP contribution is 2.52. The molecular formula is C41H27N3S. The Balaban J connectivity index is 1.18. The maximum absolute atomic E-state index is 5.18. The second-order valence-corrected chi connectivity index (χ2v) is 12.4. The second kappa shape index (κ2) is 10.5. The van der Waals surface area contributed by atoms with E-state index in [4.69, 9.17) is 4.98 Å². The molecule has 0 bridgehead atoms. The lowest BCUT2D eigenvalue weighted by Gasteiger charge is -2.33. The number of aromatic nitrogens is 2. The molecule has 1 aromatic heterocycles. The first-order valence-corrected chi connectivity index (χ1v) is 16.0. The summed E-state index contributed by atoms with van der Waals surface area (Å²) in [5, 5.41) is 2.48. The van der Waals surface area contributed by atoms with Crippen LogP contribution in [0, 0.1) is 0 Å². The number of imidazole rings is 1. The van der Waals surface area contributed by atoms with Crippen molar-refractivity contribution in [2.24, 2.45) is 0 Å². The van der Waals surface area contributed by atoms with Gasteiger partial charge in [0.05, 0.1) is 22.4 Å². The van der Waals surface area contributed by atoms with Crippen LogP contribution in [0.4, 0.5) is 17.1 Å². The molecule has 7 aromatic carbocycles. The highest BCUT2D eigenvalue weighted by molar-refractivity contribution is 7.99. The van der Waals surface area contributed by atoms with Gasteiger partial charge >= 0.3 is 0 Å². The van der Waals surface area contributed by atoms with Gasteiger partial charge < -0.3 is 4.90 Å². The number of anilines is 3. The maximum Gasteiger partial charge on any atom is 0.145 e. The summed E-state index contributed by atoms with van der Waals surface area (Å²) in [4.78, 5) is 10.0. The molecule has 0 saturated heterocycles. The van der Waals surface area contributed by atoms with E-state index in [0.29, 0.717) is 0 Å². The Labute approximate surface area is 266 Å². The van der Waals surface area contributed by atoms with Crippen molar-refractivity contribution in [3.05, 3.63) is 164 Å². The van der Waals surface area contributed by atoms with Crippen molar-refractivity contribution < 1.29 is 0 Å². The van der Waals surface area contributed by atoms with E-state index in [0.717, 1.165) is 33.8 Å². The monoisotopic (exact) mass is 593 g/mol. The third-order valence-electron chi connectivity index (χ3n) is 8.57. The van der Waals surface area contributed by atoms with E-state index >= 15 is 0 Å². The van der Waals surface area contributed by atoms with Crippen molar-refractivity contribution in [2.45, 2.75) is 9.79 Å². The molecule has 0 aliphatic carbocycles. The van der Waals surface area contributed by atoms with Gasteiger partial charge in [-0.25, -0.2) is 4.98 Å². The van der Waals surface area contributed by atoms with E-state index in [1.165, 1.54) is 43.1 Å². The number of hydrogen-bond acceptors (Lipinski definition) is 3. The Kier molecular flexibility index (Phi) is 6.06. The third-order valence-corrected chi connectivity index (χ3v) is 9.68. The second-order valence-electron chi connectivity index (χ2n) is 11.3. The maximum atomic E-state index is 5.18. The lowest BCUT2D eigenvalue weighted by Crippen LogP contribution is -2.14. The van der Waals surface area contributed by atoms with Crippen LogP contribution < -0.4 is 4.90 Å². The fourth-order valence-corrected chi connectivity index (χ4v) is 7.50. The Morgan fingerprint density at radius 3 is 2.00 bits per heavy atom. The third kappa shape index (κ3) is 4.42. The molecule has 0 atom stereocenters. The van der Waals surface area contributed by atoms with Crippen LogP contribution in [-0.2, 0) is 0 Å². The summed E-state index contributed by atoms with van der Waals surface area (Å²) in [6.07, 6.45) is 0. The first-order chi connectivity index (χ1) is 22.3. The molecule has 45 heavy (non-hydrogen) atoms. The lowest BCUT2D eigenvalue weighted by atomic mass is 10.1. The summed E-state index contributed by atoms with van der Waals surface area (Å²) in [7, 11) is 0. The van der Waals surface area contributed by atoms with Crippen molar-refractivity contribution in [1.82, 2.24) is 9.55 Å². The van der Waals surface area contributed by atoms with Crippen molar-refractivity contribution >= 4 is 50.6 Å². The Morgan fingerprint density at radius 1 is 0.444 bits per heavy atom. The number of hydrogen-bond donors (Lipinski definition) is 0. The van der Waals surface area contributed by atoms with Gasteiger partial charge in [0.1, 0.15) is 5.82 Å². The summed E-state index contributed by atoms with van der Waals surface area (Å²) in [5.74, 6) is 0.933. The highest BCUT2D eigenvalue weighted by Gasteiger charge is 2.26. The molecule has 0 saturated carbocycles. The van der Waals surface area contributed by atoms with Crippen LogP contribution >= 0.6 is 11.8 Å². The predicted molar refractivity (Wildman–Crippen MR) is 188 cm³/mol. The van der Waals surface area contributed by atoms with Gasteiger partial charge in [-0.3, -0.25) is 4.57 Å². The van der Waals surface area contributed by atoms with Gasteiger partial charge in [0.2, 0.25) is 0 Å². The quantitative estimate of drug-likeness (QED) is 0.203. The van der Waals surface area contributed by atoms with E-state index in [1.54, 1.807) is 0 Å². The molecule has 4 heteroatoms. The largest absolute Gasteiger partial charge is 0.308 e. The topological polar surface area (TPSA) is 21.1 Å². The Bertz CT molecular complexity index is 2360. The van der Waals surface area contributed by atoms with Crippen LogP contribution in [0.25, 0.3) is 50.0 Å². The van der Waals surface area contributed by atoms with E-state index in [-0.39, 0.29) is 0 Å². The van der Waals surface area contributed by atoms with Gasteiger partial charge in [-0.1, -0.05) is 109 Å². The molecule has 0 amide bonds. The minimum atomic E-state index is 0.933. The highest BCUT2D eigenvalue weighted by atomic mass is 32.2. The lowest BCUT2D eigenvalue weighted by molar-refractivity contribution is 1.10. The molecule has 0 radical (unpaired) electrons. The molecule has 3 nitrogen and oxygen atoms in total. The SMILES string of the molecule is c1ccc(-c2ccc(-n3c(-c4ccc5c(c4)Sc4ccccc4N5c4ccc5ccccc5c4)nc4ccccc43)cc2)cc1. The molecule has 212 valence electrons. The molecule has 8 aromatic rings. The van der Waals surface area contributed by atoms with E-state index in [2.05, 4.69) is 173 Å². The molecule has 9 rings (SSSR count). The van der Waals surface area contributed by atoms with Crippen molar-refractivity contribution in [3.8, 4) is 28.2 Å². The zero-order valence-electron chi connectivity index (χ0n) is 24.3.